The van der Waals surface area contributed by atoms with E-state index >= 15 is 0 Å². The molecule has 2 N–H and O–H groups in total. The van der Waals surface area contributed by atoms with Gasteiger partial charge < -0.3 is 10.4 Å². The SMILES string of the molecule is CC(=O)C(c1cccc(-c2ccc(NC(=O)/C=C/CN3CCC(C)(O)CC3)nc2)c1)C(C)C. The van der Waals surface area contributed by atoms with Crippen LogP contribution >= 0.6 is 0 Å². The number of Topliss-reactive ketones (excluding diaryl/α,β-unsaturated/α-hetero) is 1. The summed E-state index contributed by atoms with van der Waals surface area (Å²) in [5, 5.41) is 12.8. The summed E-state index contributed by atoms with van der Waals surface area (Å²) in [5.41, 5.74) is 2.36. The Morgan fingerprint density at radius 1 is 1.18 bits per heavy atom. The number of hydrogen-bond donors (Lipinski definition) is 2. The summed E-state index contributed by atoms with van der Waals surface area (Å²) in [6.07, 6.45) is 6.60. The number of carbonyl (C=O) groups is 2. The van der Waals surface area contributed by atoms with Gasteiger partial charge in [0, 0.05) is 43.4 Å². The van der Waals surface area contributed by atoms with E-state index in [1.165, 1.54) is 6.08 Å². The summed E-state index contributed by atoms with van der Waals surface area (Å²) < 4.78 is 0. The molecule has 0 spiro atoms. The molecule has 1 aliphatic rings. The molecule has 1 amide bonds. The number of carbonyl (C=O) groups excluding carboxylic acids is 2. The predicted molar refractivity (Wildman–Crippen MR) is 132 cm³/mol. The van der Waals surface area contributed by atoms with Gasteiger partial charge >= 0.3 is 0 Å². The minimum absolute atomic E-state index is 0.124. The fourth-order valence-corrected chi connectivity index (χ4v) is 4.33. The third-order valence-electron chi connectivity index (χ3n) is 6.26. The molecule has 2 heterocycles. The second kappa shape index (κ2) is 10.9. The van der Waals surface area contributed by atoms with Gasteiger partial charge in [-0.2, -0.15) is 0 Å². The van der Waals surface area contributed by atoms with Crippen molar-refractivity contribution in [1.82, 2.24) is 9.88 Å². The molecule has 1 atom stereocenters. The summed E-state index contributed by atoms with van der Waals surface area (Å²) in [6, 6.07) is 11.7. The zero-order valence-electron chi connectivity index (χ0n) is 20.0. The smallest absolute Gasteiger partial charge is 0.249 e. The van der Waals surface area contributed by atoms with E-state index in [0.717, 1.165) is 42.6 Å². The van der Waals surface area contributed by atoms with E-state index in [4.69, 9.17) is 0 Å². The normalized spacial score (nSPS) is 17.3. The highest BCUT2D eigenvalue weighted by Gasteiger charge is 2.26. The molecule has 176 valence electrons. The number of amides is 1. The molecule has 6 heteroatoms. The second-order valence-electron chi connectivity index (χ2n) is 9.58. The molecule has 6 nitrogen and oxygen atoms in total. The number of ketones is 1. The topological polar surface area (TPSA) is 82.5 Å². The molecular formula is C27H35N3O3. The quantitative estimate of drug-likeness (QED) is 0.583. The predicted octanol–water partition coefficient (Wildman–Crippen LogP) is 4.42. The van der Waals surface area contributed by atoms with E-state index in [-0.39, 0.29) is 23.5 Å². The zero-order chi connectivity index (χ0) is 24.0. The molecule has 1 fully saturated rings. The number of piperidine rings is 1. The average molecular weight is 450 g/mol. The molecule has 0 radical (unpaired) electrons. The summed E-state index contributed by atoms with van der Waals surface area (Å²) in [5.74, 6) is 0.538. The van der Waals surface area contributed by atoms with Gasteiger partial charge in [-0.1, -0.05) is 44.2 Å². The monoisotopic (exact) mass is 449 g/mol. The van der Waals surface area contributed by atoms with Crippen LogP contribution in [0.5, 0.6) is 0 Å². The van der Waals surface area contributed by atoms with Crippen LogP contribution in [0.3, 0.4) is 0 Å². The van der Waals surface area contributed by atoms with Crippen LogP contribution in [0.15, 0.2) is 54.7 Å². The zero-order valence-corrected chi connectivity index (χ0v) is 20.0. The van der Waals surface area contributed by atoms with Crippen LogP contribution in [0.4, 0.5) is 5.82 Å². The average Bonchev–Trinajstić information content (AvgIpc) is 2.75. The first-order valence-corrected chi connectivity index (χ1v) is 11.6. The van der Waals surface area contributed by atoms with Gasteiger partial charge in [-0.3, -0.25) is 14.5 Å². The lowest BCUT2D eigenvalue weighted by atomic mass is 9.84. The number of nitrogens with zero attached hydrogens (tertiary/aromatic N) is 2. The fraction of sp³-hybridized carbons (Fsp3) is 0.444. The molecule has 0 aliphatic carbocycles. The number of benzene rings is 1. The lowest BCUT2D eigenvalue weighted by Crippen LogP contribution is -2.42. The van der Waals surface area contributed by atoms with Gasteiger partial charge in [0.05, 0.1) is 5.60 Å². The van der Waals surface area contributed by atoms with Crippen LogP contribution in [-0.4, -0.2) is 51.9 Å². The molecule has 0 bridgehead atoms. The van der Waals surface area contributed by atoms with Crippen molar-refractivity contribution in [3.05, 3.63) is 60.3 Å². The Morgan fingerprint density at radius 3 is 2.52 bits per heavy atom. The van der Waals surface area contributed by atoms with Gasteiger partial charge in [0.25, 0.3) is 0 Å². The van der Waals surface area contributed by atoms with Crippen LogP contribution in [0.25, 0.3) is 11.1 Å². The highest BCUT2D eigenvalue weighted by atomic mass is 16.3. The Morgan fingerprint density at radius 2 is 1.91 bits per heavy atom. The Labute approximate surface area is 196 Å². The van der Waals surface area contributed by atoms with Crippen molar-refractivity contribution in [3.63, 3.8) is 0 Å². The molecule has 1 aliphatic heterocycles. The van der Waals surface area contributed by atoms with E-state index in [1.807, 2.05) is 43.3 Å². The van der Waals surface area contributed by atoms with Gasteiger partial charge in [-0.05, 0) is 55.9 Å². The molecule has 1 unspecified atom stereocenters. The first-order chi connectivity index (χ1) is 15.6. The summed E-state index contributed by atoms with van der Waals surface area (Å²) >= 11 is 0. The van der Waals surface area contributed by atoms with Crippen LogP contribution in [0.2, 0.25) is 0 Å². The first-order valence-electron chi connectivity index (χ1n) is 11.6. The third kappa shape index (κ3) is 7.07. The van der Waals surface area contributed by atoms with Crippen LogP contribution in [-0.2, 0) is 9.59 Å². The highest BCUT2D eigenvalue weighted by molar-refractivity contribution is 5.98. The molecule has 1 aromatic carbocycles. The standard InChI is InChI=1S/C27H35N3O3/c1-19(2)26(20(3)31)22-8-5-7-21(17-22)23-10-11-24(28-18-23)29-25(32)9-6-14-30-15-12-27(4,33)13-16-30/h5-11,17-19,26,33H,12-16H2,1-4H3,(H,28,29,32)/b9-6+. The van der Waals surface area contributed by atoms with Crippen molar-refractivity contribution < 1.29 is 14.7 Å². The Hall–Kier alpha value is -2.83. The van der Waals surface area contributed by atoms with E-state index < -0.39 is 5.60 Å². The van der Waals surface area contributed by atoms with Crippen LogP contribution in [0.1, 0.15) is 52.0 Å². The molecular weight excluding hydrogens is 414 g/mol. The third-order valence-corrected chi connectivity index (χ3v) is 6.26. The number of anilines is 1. The molecule has 2 aromatic rings. The maximum Gasteiger partial charge on any atom is 0.249 e. The molecule has 1 saturated heterocycles. The largest absolute Gasteiger partial charge is 0.390 e. The van der Waals surface area contributed by atoms with Gasteiger partial charge in [0.1, 0.15) is 11.6 Å². The molecule has 3 rings (SSSR count). The van der Waals surface area contributed by atoms with Gasteiger partial charge in [-0.25, -0.2) is 4.98 Å². The van der Waals surface area contributed by atoms with Crippen LogP contribution < -0.4 is 5.32 Å². The maximum atomic E-state index is 12.2. The Balaban J connectivity index is 1.57. The van der Waals surface area contributed by atoms with Gasteiger partial charge in [0.15, 0.2) is 0 Å². The van der Waals surface area contributed by atoms with E-state index in [0.29, 0.717) is 12.4 Å². The van der Waals surface area contributed by atoms with E-state index in [1.54, 1.807) is 19.2 Å². The van der Waals surface area contributed by atoms with Crippen molar-refractivity contribution in [3.8, 4) is 11.1 Å². The molecule has 0 saturated carbocycles. The summed E-state index contributed by atoms with van der Waals surface area (Å²) in [4.78, 5) is 30.9. The second-order valence-corrected chi connectivity index (χ2v) is 9.58. The van der Waals surface area contributed by atoms with Crippen molar-refractivity contribution in [2.24, 2.45) is 5.92 Å². The minimum atomic E-state index is -0.569. The molecule has 33 heavy (non-hydrogen) atoms. The number of likely N-dealkylation sites (tertiary alicyclic amines) is 1. The first kappa shape index (κ1) is 24.8. The number of rotatable bonds is 8. The minimum Gasteiger partial charge on any atom is -0.390 e. The Kier molecular flexibility index (Phi) is 8.16. The van der Waals surface area contributed by atoms with Crippen molar-refractivity contribution >= 4 is 17.5 Å². The number of aliphatic hydroxyl groups is 1. The number of pyridine rings is 1. The van der Waals surface area contributed by atoms with Gasteiger partial charge in [0.2, 0.25) is 5.91 Å². The lowest BCUT2D eigenvalue weighted by Gasteiger charge is -2.35. The van der Waals surface area contributed by atoms with Crippen LogP contribution in [0, 0.1) is 5.92 Å². The summed E-state index contributed by atoms with van der Waals surface area (Å²) in [7, 11) is 0. The van der Waals surface area contributed by atoms with E-state index in [2.05, 4.69) is 29.0 Å². The number of aromatic nitrogens is 1. The van der Waals surface area contributed by atoms with Crippen molar-refractivity contribution in [1.29, 1.82) is 0 Å². The summed E-state index contributed by atoms with van der Waals surface area (Å²) in [6.45, 7) is 9.97. The maximum absolute atomic E-state index is 12.2. The highest BCUT2D eigenvalue weighted by Crippen LogP contribution is 2.29. The van der Waals surface area contributed by atoms with Crippen molar-refractivity contribution in [2.75, 3.05) is 25.0 Å². The van der Waals surface area contributed by atoms with E-state index in [9.17, 15) is 14.7 Å². The Bertz CT molecular complexity index is 986. The molecule has 1 aromatic heterocycles. The fourth-order valence-electron chi connectivity index (χ4n) is 4.33. The van der Waals surface area contributed by atoms with Gasteiger partial charge in [-0.15, -0.1) is 0 Å². The van der Waals surface area contributed by atoms with Crippen molar-refractivity contribution in [2.45, 2.75) is 52.1 Å². The number of nitrogens with one attached hydrogen (secondary N) is 1. The lowest BCUT2D eigenvalue weighted by molar-refractivity contribution is -0.119. The number of hydrogen-bond acceptors (Lipinski definition) is 5.